The van der Waals surface area contributed by atoms with Crippen molar-refractivity contribution in [3.05, 3.63) is 42.5 Å². The first kappa shape index (κ1) is 25.2. The SMILES string of the molecule is CCOC(=O)/C(CN(C)c1ccccc1NC)=N\N(C)c1ccc(N2CCOCC2)cc1OC. The summed E-state index contributed by atoms with van der Waals surface area (Å²) >= 11 is 0. The second kappa shape index (κ2) is 12.1. The van der Waals surface area contributed by atoms with Gasteiger partial charge in [-0.1, -0.05) is 12.1 Å². The van der Waals surface area contributed by atoms with E-state index in [0.29, 0.717) is 19.0 Å². The zero-order valence-corrected chi connectivity index (χ0v) is 20.7. The van der Waals surface area contributed by atoms with Crippen LogP contribution in [-0.2, 0) is 14.3 Å². The van der Waals surface area contributed by atoms with E-state index in [4.69, 9.17) is 14.2 Å². The van der Waals surface area contributed by atoms with Gasteiger partial charge in [0, 0.05) is 46.0 Å². The molecule has 0 bridgehead atoms. The quantitative estimate of drug-likeness (QED) is 0.323. The van der Waals surface area contributed by atoms with Gasteiger partial charge in [-0.05, 0) is 31.2 Å². The van der Waals surface area contributed by atoms with E-state index in [9.17, 15) is 4.79 Å². The van der Waals surface area contributed by atoms with E-state index in [-0.39, 0.29) is 18.9 Å². The first-order valence-corrected chi connectivity index (χ1v) is 11.5. The fourth-order valence-corrected chi connectivity index (χ4v) is 3.87. The van der Waals surface area contributed by atoms with Crippen LogP contribution >= 0.6 is 0 Å². The maximum atomic E-state index is 12.8. The number of para-hydroxylation sites is 2. The van der Waals surface area contributed by atoms with Crippen LogP contribution in [0.15, 0.2) is 47.6 Å². The van der Waals surface area contributed by atoms with Gasteiger partial charge in [0.1, 0.15) is 11.4 Å². The molecule has 1 aliphatic heterocycles. The number of ether oxygens (including phenoxy) is 3. The molecule has 9 nitrogen and oxygen atoms in total. The number of hydrogen-bond acceptors (Lipinski definition) is 9. The minimum atomic E-state index is -0.452. The second-order valence-electron chi connectivity index (χ2n) is 7.87. The Balaban J connectivity index is 1.87. The van der Waals surface area contributed by atoms with Gasteiger partial charge in [0.15, 0.2) is 5.71 Å². The third-order valence-corrected chi connectivity index (χ3v) is 5.64. The predicted octanol–water partition coefficient (Wildman–Crippen LogP) is 3.07. The van der Waals surface area contributed by atoms with Crippen molar-refractivity contribution in [3.63, 3.8) is 0 Å². The van der Waals surface area contributed by atoms with E-state index in [1.807, 2.05) is 61.5 Å². The average molecular weight is 470 g/mol. The van der Waals surface area contributed by atoms with Crippen molar-refractivity contribution < 1.29 is 19.0 Å². The van der Waals surface area contributed by atoms with Crippen molar-refractivity contribution in [2.45, 2.75) is 6.92 Å². The Labute approximate surface area is 201 Å². The summed E-state index contributed by atoms with van der Waals surface area (Å²) in [5.41, 5.74) is 4.02. The monoisotopic (exact) mass is 469 g/mol. The molecule has 9 heteroatoms. The number of nitrogens with one attached hydrogen (secondary N) is 1. The third-order valence-electron chi connectivity index (χ3n) is 5.64. The summed E-state index contributed by atoms with van der Waals surface area (Å²) in [6.07, 6.45) is 0. The zero-order valence-electron chi connectivity index (χ0n) is 20.7. The fourth-order valence-electron chi connectivity index (χ4n) is 3.87. The standard InChI is InChI=1S/C25H35N5O4/c1-6-34-25(31)21(18-28(3)22-10-8-7-9-20(22)26-2)27-29(4)23-12-11-19(17-24(23)32-5)30-13-15-33-16-14-30/h7-12,17,26H,6,13-16,18H2,1-5H3/b27-21-. The van der Waals surface area contributed by atoms with E-state index in [1.54, 1.807) is 26.1 Å². The second-order valence-corrected chi connectivity index (χ2v) is 7.87. The van der Waals surface area contributed by atoms with Gasteiger partial charge >= 0.3 is 5.97 Å². The molecule has 0 atom stereocenters. The molecule has 0 saturated carbocycles. The van der Waals surface area contributed by atoms with Crippen LogP contribution in [0.25, 0.3) is 0 Å². The Hall–Kier alpha value is -3.46. The van der Waals surface area contributed by atoms with Crippen LogP contribution in [0.3, 0.4) is 0 Å². The smallest absolute Gasteiger partial charge is 0.356 e. The predicted molar refractivity (Wildman–Crippen MR) is 138 cm³/mol. The van der Waals surface area contributed by atoms with Crippen molar-refractivity contribution in [1.82, 2.24) is 0 Å². The number of esters is 1. The largest absolute Gasteiger partial charge is 0.494 e. The normalized spacial score (nSPS) is 13.9. The van der Waals surface area contributed by atoms with Crippen LogP contribution < -0.4 is 24.9 Å². The van der Waals surface area contributed by atoms with Gasteiger partial charge in [-0.25, -0.2) is 4.79 Å². The van der Waals surface area contributed by atoms with Crippen molar-refractivity contribution in [2.75, 3.05) is 87.8 Å². The molecule has 0 spiro atoms. The Morgan fingerprint density at radius 3 is 2.56 bits per heavy atom. The molecule has 2 aromatic carbocycles. The summed E-state index contributed by atoms with van der Waals surface area (Å²) in [5.74, 6) is 0.222. The van der Waals surface area contributed by atoms with Gasteiger partial charge in [-0.15, -0.1) is 0 Å². The summed E-state index contributed by atoms with van der Waals surface area (Å²) in [6.45, 7) is 5.43. The van der Waals surface area contributed by atoms with Crippen LogP contribution in [0.4, 0.5) is 22.7 Å². The number of benzene rings is 2. The highest BCUT2D eigenvalue weighted by Gasteiger charge is 2.20. The lowest BCUT2D eigenvalue weighted by Gasteiger charge is -2.30. The molecule has 1 saturated heterocycles. The number of morpholine rings is 1. The third kappa shape index (κ3) is 6.11. The van der Waals surface area contributed by atoms with Crippen molar-refractivity contribution >= 4 is 34.4 Å². The highest BCUT2D eigenvalue weighted by atomic mass is 16.5. The molecule has 34 heavy (non-hydrogen) atoms. The van der Waals surface area contributed by atoms with Crippen LogP contribution in [0.5, 0.6) is 5.75 Å². The Morgan fingerprint density at radius 1 is 1.15 bits per heavy atom. The molecule has 2 aromatic rings. The summed E-state index contributed by atoms with van der Waals surface area (Å²) in [6, 6.07) is 13.9. The van der Waals surface area contributed by atoms with Crippen molar-refractivity contribution in [3.8, 4) is 5.75 Å². The lowest BCUT2D eigenvalue weighted by Crippen LogP contribution is -2.36. The highest BCUT2D eigenvalue weighted by Crippen LogP contribution is 2.33. The minimum absolute atomic E-state index is 0.274. The van der Waals surface area contributed by atoms with Crippen LogP contribution in [0, 0.1) is 0 Å². The number of hydrazone groups is 1. The maximum Gasteiger partial charge on any atom is 0.356 e. The molecule has 3 rings (SSSR count). The molecule has 1 fully saturated rings. The highest BCUT2D eigenvalue weighted by molar-refractivity contribution is 6.38. The van der Waals surface area contributed by atoms with Gasteiger partial charge in [-0.2, -0.15) is 5.10 Å². The molecular formula is C25H35N5O4. The van der Waals surface area contributed by atoms with Gasteiger partial charge in [0.2, 0.25) is 0 Å². The van der Waals surface area contributed by atoms with Gasteiger partial charge < -0.3 is 29.3 Å². The van der Waals surface area contributed by atoms with Crippen molar-refractivity contribution in [1.29, 1.82) is 0 Å². The number of rotatable bonds is 10. The molecule has 0 aromatic heterocycles. The molecule has 0 radical (unpaired) electrons. The number of carbonyl (C=O) groups excluding carboxylic acids is 1. The number of anilines is 4. The first-order chi connectivity index (χ1) is 16.5. The minimum Gasteiger partial charge on any atom is -0.494 e. The number of hydrogen-bond donors (Lipinski definition) is 1. The van der Waals surface area contributed by atoms with Crippen LogP contribution in [-0.4, -0.2) is 79.4 Å². The fraction of sp³-hybridized carbons (Fsp3) is 0.440. The Bertz CT molecular complexity index is 991. The first-order valence-electron chi connectivity index (χ1n) is 11.5. The molecular weight excluding hydrogens is 434 g/mol. The number of methoxy groups -OCH3 is 1. The summed E-state index contributed by atoms with van der Waals surface area (Å²) in [7, 11) is 7.22. The molecule has 1 aliphatic rings. The average Bonchev–Trinajstić information content (AvgIpc) is 2.88. The lowest BCUT2D eigenvalue weighted by molar-refractivity contribution is -0.135. The van der Waals surface area contributed by atoms with Crippen molar-refractivity contribution in [2.24, 2.45) is 5.10 Å². The molecule has 0 aliphatic carbocycles. The Morgan fingerprint density at radius 2 is 1.88 bits per heavy atom. The Kier molecular flexibility index (Phi) is 8.98. The van der Waals surface area contributed by atoms with E-state index in [2.05, 4.69) is 15.3 Å². The van der Waals surface area contributed by atoms with Gasteiger partial charge in [-0.3, -0.25) is 5.01 Å². The van der Waals surface area contributed by atoms with Gasteiger partial charge in [0.05, 0.1) is 44.8 Å². The molecule has 1 heterocycles. The van der Waals surface area contributed by atoms with E-state index < -0.39 is 5.97 Å². The molecule has 184 valence electrons. The van der Waals surface area contributed by atoms with E-state index in [1.165, 1.54) is 0 Å². The maximum absolute atomic E-state index is 12.8. The zero-order chi connectivity index (χ0) is 24.5. The molecule has 0 amide bonds. The molecule has 0 unspecified atom stereocenters. The summed E-state index contributed by atoms with van der Waals surface area (Å²) in [4.78, 5) is 17.0. The lowest BCUT2D eigenvalue weighted by atomic mass is 10.2. The summed E-state index contributed by atoms with van der Waals surface area (Å²) in [5, 5.41) is 9.48. The summed E-state index contributed by atoms with van der Waals surface area (Å²) < 4.78 is 16.4. The number of nitrogens with zero attached hydrogens (tertiary/aromatic N) is 4. The van der Waals surface area contributed by atoms with E-state index >= 15 is 0 Å². The van der Waals surface area contributed by atoms with Crippen LogP contribution in [0.1, 0.15) is 6.92 Å². The molecule has 1 N–H and O–H groups in total. The van der Waals surface area contributed by atoms with Crippen LogP contribution in [0.2, 0.25) is 0 Å². The number of carbonyl (C=O) groups is 1. The van der Waals surface area contributed by atoms with E-state index in [0.717, 1.165) is 35.8 Å². The van der Waals surface area contributed by atoms with Gasteiger partial charge in [0.25, 0.3) is 0 Å². The topological polar surface area (TPSA) is 78.9 Å².